The maximum Gasteiger partial charge on any atom is 0.258 e. The molecule has 1 N–H and O–H groups in total. The van der Waals surface area contributed by atoms with E-state index in [1.807, 2.05) is 19.1 Å². The van der Waals surface area contributed by atoms with Crippen LogP contribution in [0.1, 0.15) is 36.1 Å². The lowest BCUT2D eigenvalue weighted by molar-refractivity contribution is -0.123. The SMILES string of the molecule is COc1ccccc1OCC(=O)N[C@@H](C)c1ccc2c(c1)CCC2. The lowest BCUT2D eigenvalue weighted by Crippen LogP contribution is -2.31. The lowest BCUT2D eigenvalue weighted by atomic mass is 10.0. The Morgan fingerprint density at radius 3 is 2.67 bits per heavy atom. The van der Waals surface area contributed by atoms with Crippen LogP contribution >= 0.6 is 0 Å². The van der Waals surface area contributed by atoms with Gasteiger partial charge in [-0.2, -0.15) is 0 Å². The molecule has 1 atom stereocenters. The first-order valence-electron chi connectivity index (χ1n) is 8.34. The van der Waals surface area contributed by atoms with Crippen molar-refractivity contribution in [1.29, 1.82) is 0 Å². The van der Waals surface area contributed by atoms with Crippen LogP contribution < -0.4 is 14.8 Å². The smallest absolute Gasteiger partial charge is 0.258 e. The molecule has 0 heterocycles. The zero-order valence-electron chi connectivity index (χ0n) is 14.2. The number of nitrogens with one attached hydrogen (secondary N) is 1. The molecule has 2 aromatic rings. The second-order valence-electron chi connectivity index (χ2n) is 6.11. The fourth-order valence-corrected chi connectivity index (χ4v) is 3.11. The van der Waals surface area contributed by atoms with Gasteiger partial charge >= 0.3 is 0 Å². The van der Waals surface area contributed by atoms with Crippen LogP contribution in [-0.2, 0) is 17.6 Å². The van der Waals surface area contributed by atoms with E-state index in [1.54, 1.807) is 19.2 Å². The number of para-hydroxylation sites is 2. The van der Waals surface area contributed by atoms with Crippen molar-refractivity contribution < 1.29 is 14.3 Å². The molecule has 0 radical (unpaired) electrons. The summed E-state index contributed by atoms with van der Waals surface area (Å²) in [5.74, 6) is 1.05. The van der Waals surface area contributed by atoms with E-state index in [2.05, 4.69) is 23.5 Å². The van der Waals surface area contributed by atoms with Crippen molar-refractivity contribution in [2.24, 2.45) is 0 Å². The molecule has 0 unspecified atom stereocenters. The van der Waals surface area contributed by atoms with Crippen molar-refractivity contribution in [3.8, 4) is 11.5 Å². The highest BCUT2D eigenvalue weighted by molar-refractivity contribution is 5.78. The molecule has 0 bridgehead atoms. The monoisotopic (exact) mass is 325 g/mol. The Morgan fingerprint density at radius 1 is 1.12 bits per heavy atom. The van der Waals surface area contributed by atoms with E-state index in [-0.39, 0.29) is 18.6 Å². The number of carbonyl (C=O) groups is 1. The molecular formula is C20H23NO3. The Kier molecular flexibility index (Phi) is 5.04. The summed E-state index contributed by atoms with van der Waals surface area (Å²) in [4.78, 5) is 12.2. The number of ether oxygens (including phenoxy) is 2. The summed E-state index contributed by atoms with van der Waals surface area (Å²) in [6, 6.07) is 13.8. The minimum Gasteiger partial charge on any atom is -0.493 e. The van der Waals surface area contributed by atoms with Crippen molar-refractivity contribution in [3.63, 3.8) is 0 Å². The van der Waals surface area contributed by atoms with E-state index < -0.39 is 0 Å². The summed E-state index contributed by atoms with van der Waals surface area (Å²) >= 11 is 0. The first-order chi connectivity index (χ1) is 11.7. The average molecular weight is 325 g/mol. The van der Waals surface area contributed by atoms with E-state index >= 15 is 0 Å². The van der Waals surface area contributed by atoms with Crippen LogP contribution in [0.3, 0.4) is 0 Å². The number of aryl methyl sites for hydroxylation is 2. The van der Waals surface area contributed by atoms with E-state index in [9.17, 15) is 4.79 Å². The molecule has 1 aliphatic carbocycles. The predicted octanol–water partition coefficient (Wildman–Crippen LogP) is 3.44. The topological polar surface area (TPSA) is 47.6 Å². The van der Waals surface area contributed by atoms with Gasteiger partial charge in [-0.15, -0.1) is 0 Å². The van der Waals surface area contributed by atoms with Crippen LogP contribution in [0.2, 0.25) is 0 Å². The van der Waals surface area contributed by atoms with E-state index in [1.165, 1.54) is 24.0 Å². The second kappa shape index (κ2) is 7.39. The van der Waals surface area contributed by atoms with E-state index in [4.69, 9.17) is 9.47 Å². The number of carbonyl (C=O) groups excluding carboxylic acids is 1. The van der Waals surface area contributed by atoms with Gasteiger partial charge in [0.2, 0.25) is 0 Å². The quantitative estimate of drug-likeness (QED) is 0.885. The molecule has 0 aliphatic heterocycles. The fourth-order valence-electron chi connectivity index (χ4n) is 3.11. The Labute approximate surface area is 142 Å². The zero-order chi connectivity index (χ0) is 16.9. The van der Waals surface area contributed by atoms with Crippen molar-refractivity contribution in [1.82, 2.24) is 5.32 Å². The van der Waals surface area contributed by atoms with Gasteiger partial charge in [-0.1, -0.05) is 30.3 Å². The highest BCUT2D eigenvalue weighted by atomic mass is 16.5. The number of benzene rings is 2. The second-order valence-corrected chi connectivity index (χ2v) is 6.11. The van der Waals surface area contributed by atoms with Gasteiger partial charge in [-0.3, -0.25) is 4.79 Å². The van der Waals surface area contributed by atoms with Crippen LogP contribution in [-0.4, -0.2) is 19.6 Å². The van der Waals surface area contributed by atoms with Gasteiger partial charge in [-0.05, 0) is 55.0 Å². The maximum atomic E-state index is 12.2. The molecule has 1 amide bonds. The highest BCUT2D eigenvalue weighted by Gasteiger charge is 2.15. The van der Waals surface area contributed by atoms with Gasteiger partial charge in [0.1, 0.15) is 0 Å². The minimum absolute atomic E-state index is 0.0321. The molecule has 24 heavy (non-hydrogen) atoms. The molecule has 0 saturated heterocycles. The number of rotatable bonds is 6. The summed E-state index contributed by atoms with van der Waals surface area (Å²) in [6.45, 7) is 1.97. The Hall–Kier alpha value is -2.49. The minimum atomic E-state index is -0.145. The Balaban J connectivity index is 1.56. The summed E-state index contributed by atoms with van der Waals surface area (Å²) in [5, 5.41) is 2.99. The van der Waals surface area contributed by atoms with Crippen LogP contribution in [0.5, 0.6) is 11.5 Å². The average Bonchev–Trinajstić information content (AvgIpc) is 3.07. The number of hydrogen-bond donors (Lipinski definition) is 1. The van der Waals surface area contributed by atoms with Gasteiger partial charge < -0.3 is 14.8 Å². The summed E-state index contributed by atoms with van der Waals surface area (Å²) in [6.07, 6.45) is 3.54. The number of amides is 1. The van der Waals surface area contributed by atoms with E-state index in [0.29, 0.717) is 11.5 Å². The first kappa shape index (κ1) is 16.4. The maximum absolute atomic E-state index is 12.2. The number of hydrogen-bond acceptors (Lipinski definition) is 3. The lowest BCUT2D eigenvalue weighted by Gasteiger charge is -2.16. The molecule has 0 saturated carbocycles. The standard InChI is InChI=1S/C20H23NO3/c1-14(16-11-10-15-6-5-7-17(15)12-16)21-20(22)13-24-19-9-4-3-8-18(19)23-2/h3-4,8-12,14H,5-7,13H2,1-2H3,(H,21,22)/t14-/m0/s1. The van der Waals surface area contributed by atoms with Gasteiger partial charge in [0.15, 0.2) is 18.1 Å². The molecule has 3 rings (SSSR count). The third-order valence-electron chi connectivity index (χ3n) is 4.43. The summed E-state index contributed by atoms with van der Waals surface area (Å²) in [5.41, 5.74) is 4.00. The van der Waals surface area contributed by atoms with Crippen LogP contribution in [0, 0.1) is 0 Å². The fraction of sp³-hybridized carbons (Fsp3) is 0.350. The van der Waals surface area contributed by atoms with Crippen LogP contribution in [0.15, 0.2) is 42.5 Å². The van der Waals surface area contributed by atoms with Gasteiger partial charge in [-0.25, -0.2) is 0 Å². The molecule has 4 nitrogen and oxygen atoms in total. The highest BCUT2D eigenvalue weighted by Crippen LogP contribution is 2.26. The predicted molar refractivity (Wildman–Crippen MR) is 93.5 cm³/mol. The van der Waals surface area contributed by atoms with Gasteiger partial charge in [0.05, 0.1) is 13.2 Å². The summed E-state index contributed by atoms with van der Waals surface area (Å²) in [7, 11) is 1.58. The zero-order valence-corrected chi connectivity index (χ0v) is 14.2. The molecule has 1 aliphatic rings. The van der Waals surface area contributed by atoms with Crippen molar-refractivity contribution in [2.45, 2.75) is 32.2 Å². The molecule has 0 spiro atoms. The molecule has 0 aromatic heterocycles. The van der Waals surface area contributed by atoms with Crippen LogP contribution in [0.4, 0.5) is 0 Å². The third-order valence-corrected chi connectivity index (χ3v) is 4.43. The summed E-state index contributed by atoms with van der Waals surface area (Å²) < 4.78 is 10.8. The van der Waals surface area contributed by atoms with Gasteiger partial charge in [0, 0.05) is 0 Å². The van der Waals surface area contributed by atoms with Crippen molar-refractivity contribution in [2.75, 3.05) is 13.7 Å². The van der Waals surface area contributed by atoms with Crippen LogP contribution in [0.25, 0.3) is 0 Å². The largest absolute Gasteiger partial charge is 0.493 e. The normalized spacial score (nSPS) is 13.9. The molecule has 4 heteroatoms. The Morgan fingerprint density at radius 2 is 1.88 bits per heavy atom. The van der Waals surface area contributed by atoms with Crippen molar-refractivity contribution >= 4 is 5.91 Å². The number of methoxy groups -OCH3 is 1. The molecular weight excluding hydrogens is 302 g/mol. The molecule has 0 fully saturated rings. The molecule has 126 valence electrons. The number of fused-ring (bicyclic) bond motifs is 1. The Bertz CT molecular complexity index is 727. The third kappa shape index (κ3) is 3.70. The van der Waals surface area contributed by atoms with Gasteiger partial charge in [0.25, 0.3) is 5.91 Å². The van der Waals surface area contributed by atoms with E-state index in [0.717, 1.165) is 12.0 Å². The first-order valence-corrected chi connectivity index (χ1v) is 8.34. The van der Waals surface area contributed by atoms with Crippen molar-refractivity contribution in [3.05, 3.63) is 59.2 Å². The molecule has 2 aromatic carbocycles.